The van der Waals surface area contributed by atoms with Gasteiger partial charge in [-0.15, -0.1) is 16.9 Å². The minimum absolute atomic E-state index is 0.0315. The highest BCUT2D eigenvalue weighted by molar-refractivity contribution is 8.01. The first-order chi connectivity index (χ1) is 19.7. The lowest BCUT2D eigenvalue weighted by molar-refractivity contribution is -0.689. The van der Waals surface area contributed by atoms with Gasteiger partial charge in [0.05, 0.1) is 40.3 Å². The van der Waals surface area contributed by atoms with E-state index in [0.717, 1.165) is 27.8 Å². The Hall–Kier alpha value is -5.25. The number of hydrogen-bond donors (Lipinski definition) is 2. The van der Waals surface area contributed by atoms with Gasteiger partial charge in [-0.2, -0.15) is 9.67 Å². The van der Waals surface area contributed by atoms with Gasteiger partial charge in [-0.05, 0) is 12.1 Å². The van der Waals surface area contributed by atoms with Gasteiger partial charge in [-0.3, -0.25) is 24.2 Å². The first kappa shape index (κ1) is 27.3. The Kier molecular flexibility index (Phi) is 7.39. The lowest BCUT2D eigenvalue weighted by Gasteiger charge is -2.49. The standard InChI is InChI=1S/C25H23N9O6S/c1-40-28-12-18(36)33(25-29-24(27)34(30-25)15-5-3-2-4-6-15)22-16(13-31-9-7-14(8-10-31)21(26)37)20(23(38)39)32-17(35)11-19(32)41-22/h2-10,12,19,22H,11,13H2,1H3,(H4-,26,27,29,30,37,38,39)/t19-,22?/m0/s1. The third-order valence-corrected chi connectivity index (χ3v) is 7.78. The number of oxime groups is 1. The number of aliphatic carboxylic acids is 1. The van der Waals surface area contributed by atoms with Crippen LogP contribution in [0, 0.1) is 0 Å². The Balaban J connectivity index is 1.65. The Bertz CT molecular complexity index is 1590. The van der Waals surface area contributed by atoms with Crippen LogP contribution in [0.25, 0.3) is 5.69 Å². The SMILES string of the molecule is CON=CC(=O)N(c1nc(N)n(-c2ccccc2)n1)C1S[C@H]2CC(=O)N2C(C(=O)[O-])=C1C[n+]1ccc(C(N)=O)cc1. The van der Waals surface area contributed by atoms with Crippen molar-refractivity contribution in [3.63, 3.8) is 0 Å². The normalized spacial score (nSPS) is 18.2. The Morgan fingerprint density at radius 1 is 1.24 bits per heavy atom. The van der Waals surface area contributed by atoms with E-state index < -0.39 is 34.4 Å². The zero-order valence-electron chi connectivity index (χ0n) is 21.5. The first-order valence-corrected chi connectivity index (χ1v) is 13.0. The van der Waals surface area contributed by atoms with Gasteiger partial charge in [-0.1, -0.05) is 23.4 Å². The summed E-state index contributed by atoms with van der Waals surface area (Å²) in [4.78, 5) is 61.3. The summed E-state index contributed by atoms with van der Waals surface area (Å²) in [6.45, 7) is -0.114. The number of benzene rings is 1. The molecule has 4 N–H and O–H groups in total. The van der Waals surface area contributed by atoms with E-state index in [-0.39, 0.29) is 41.7 Å². The molecule has 3 aromatic rings. The van der Waals surface area contributed by atoms with Crippen molar-refractivity contribution in [1.29, 1.82) is 0 Å². The number of carboxylic acids is 1. The van der Waals surface area contributed by atoms with Crippen LogP contribution in [-0.2, 0) is 25.8 Å². The van der Waals surface area contributed by atoms with E-state index in [4.69, 9.17) is 16.3 Å². The zero-order chi connectivity index (χ0) is 29.3. The number of carbonyl (C=O) groups excluding carboxylic acids is 4. The molecule has 1 unspecified atom stereocenters. The van der Waals surface area contributed by atoms with Crippen molar-refractivity contribution < 1.29 is 33.7 Å². The van der Waals surface area contributed by atoms with Crippen LogP contribution < -0.4 is 26.0 Å². The quantitative estimate of drug-likeness (QED) is 0.131. The van der Waals surface area contributed by atoms with Crippen LogP contribution in [0.2, 0.25) is 0 Å². The number of hydrogen-bond acceptors (Lipinski definition) is 11. The summed E-state index contributed by atoms with van der Waals surface area (Å²) < 4.78 is 2.90. The summed E-state index contributed by atoms with van der Waals surface area (Å²) in [6.07, 6.45) is 3.98. The summed E-state index contributed by atoms with van der Waals surface area (Å²) in [5.74, 6) is -3.55. The molecule has 3 amide bonds. The average molecular weight is 578 g/mol. The fourth-order valence-electron chi connectivity index (χ4n) is 4.44. The lowest BCUT2D eigenvalue weighted by atomic mass is 10.1. The van der Waals surface area contributed by atoms with Gasteiger partial charge in [0, 0.05) is 12.1 Å². The van der Waals surface area contributed by atoms with E-state index in [1.807, 2.05) is 6.07 Å². The highest BCUT2D eigenvalue weighted by Gasteiger charge is 2.50. The largest absolute Gasteiger partial charge is 0.543 e. The second-order valence-electron chi connectivity index (χ2n) is 8.84. The molecule has 1 aromatic carbocycles. The molecule has 41 heavy (non-hydrogen) atoms. The maximum atomic E-state index is 13.6. The minimum atomic E-state index is -1.60. The molecule has 0 radical (unpaired) electrons. The molecule has 15 nitrogen and oxygen atoms in total. The lowest BCUT2D eigenvalue weighted by Crippen LogP contribution is -2.60. The molecular formula is C25H23N9O6S. The van der Waals surface area contributed by atoms with Crippen LogP contribution in [-0.4, -0.2) is 67.4 Å². The summed E-state index contributed by atoms with van der Waals surface area (Å²) >= 11 is 1.16. The molecule has 0 aliphatic carbocycles. The fraction of sp³-hybridized carbons (Fsp3) is 0.200. The van der Waals surface area contributed by atoms with Crippen LogP contribution >= 0.6 is 11.8 Å². The number of rotatable bonds is 9. The highest BCUT2D eigenvalue weighted by atomic mass is 32.2. The van der Waals surface area contributed by atoms with Gasteiger partial charge in [0.2, 0.25) is 17.8 Å². The molecule has 0 spiro atoms. The predicted octanol–water partition coefficient (Wildman–Crippen LogP) is -1.46. The molecule has 16 heteroatoms. The minimum Gasteiger partial charge on any atom is -0.543 e. The second kappa shape index (κ2) is 11.1. The summed E-state index contributed by atoms with van der Waals surface area (Å²) in [5.41, 5.74) is 12.1. The molecule has 1 saturated heterocycles. The van der Waals surface area contributed by atoms with Crippen LogP contribution in [0.1, 0.15) is 16.8 Å². The van der Waals surface area contributed by atoms with Gasteiger partial charge in [0.1, 0.15) is 18.7 Å². The number of fused-ring (bicyclic) bond motifs is 1. The van der Waals surface area contributed by atoms with E-state index >= 15 is 0 Å². The Morgan fingerprint density at radius 3 is 2.56 bits per heavy atom. The number of nitrogens with two attached hydrogens (primary N) is 2. The number of primary amides is 1. The smallest absolute Gasteiger partial charge is 0.276 e. The van der Waals surface area contributed by atoms with Crippen molar-refractivity contribution in [2.75, 3.05) is 17.7 Å². The zero-order valence-corrected chi connectivity index (χ0v) is 22.3. The molecule has 4 heterocycles. The number of amides is 3. The topological polar surface area (TPSA) is 206 Å². The highest BCUT2D eigenvalue weighted by Crippen LogP contribution is 2.45. The summed E-state index contributed by atoms with van der Waals surface area (Å²) in [7, 11) is 1.26. The maximum Gasteiger partial charge on any atom is 0.276 e. The number of para-hydroxylation sites is 1. The van der Waals surface area contributed by atoms with Crippen molar-refractivity contribution in [1.82, 2.24) is 19.7 Å². The van der Waals surface area contributed by atoms with Gasteiger partial charge in [0.25, 0.3) is 11.9 Å². The van der Waals surface area contributed by atoms with Gasteiger partial charge >= 0.3 is 0 Å². The molecule has 2 aliphatic heterocycles. The maximum absolute atomic E-state index is 13.6. The van der Waals surface area contributed by atoms with Crippen molar-refractivity contribution in [2.24, 2.45) is 10.9 Å². The van der Waals surface area contributed by atoms with Crippen molar-refractivity contribution in [3.05, 3.63) is 71.7 Å². The molecule has 2 aromatic heterocycles. The van der Waals surface area contributed by atoms with Crippen LogP contribution in [0.3, 0.4) is 0 Å². The van der Waals surface area contributed by atoms with Gasteiger partial charge in [-0.25, -0.2) is 4.57 Å². The third-order valence-electron chi connectivity index (χ3n) is 6.33. The number of pyridine rings is 1. The molecule has 5 rings (SSSR count). The number of thioether (sulfide) groups is 1. The number of carboxylic acid groups (broad SMARTS) is 1. The van der Waals surface area contributed by atoms with Crippen LogP contribution in [0.15, 0.2) is 71.3 Å². The number of nitrogens with zero attached hydrogens (tertiary/aromatic N) is 7. The number of nitrogen functional groups attached to an aromatic ring is 1. The summed E-state index contributed by atoms with van der Waals surface area (Å²) in [6, 6.07) is 11.8. The monoisotopic (exact) mass is 577 g/mol. The molecule has 2 aliphatic rings. The number of anilines is 2. The van der Waals surface area contributed by atoms with Crippen LogP contribution in [0.5, 0.6) is 0 Å². The van der Waals surface area contributed by atoms with E-state index in [1.54, 1.807) is 28.8 Å². The Labute approximate surface area is 236 Å². The molecule has 210 valence electrons. The van der Waals surface area contributed by atoms with E-state index in [2.05, 4.69) is 15.2 Å². The van der Waals surface area contributed by atoms with E-state index in [0.29, 0.717) is 5.69 Å². The number of carbonyl (C=O) groups is 4. The fourth-order valence-corrected chi connectivity index (χ4v) is 5.99. The number of aromatic nitrogens is 4. The number of β-lactam (4-membered cyclic amide) rings is 1. The first-order valence-electron chi connectivity index (χ1n) is 12.1. The molecule has 1 fully saturated rings. The van der Waals surface area contributed by atoms with Gasteiger partial charge < -0.3 is 26.2 Å². The molecule has 0 saturated carbocycles. The third kappa shape index (κ3) is 5.19. The molecule has 0 bridgehead atoms. The van der Waals surface area contributed by atoms with E-state index in [9.17, 15) is 24.3 Å². The second-order valence-corrected chi connectivity index (χ2v) is 10.1. The van der Waals surface area contributed by atoms with E-state index in [1.165, 1.54) is 36.3 Å². The van der Waals surface area contributed by atoms with Crippen molar-refractivity contribution >= 4 is 53.6 Å². The molecule has 2 atom stereocenters. The summed E-state index contributed by atoms with van der Waals surface area (Å²) in [5, 5.41) is 18.9. The van der Waals surface area contributed by atoms with Crippen molar-refractivity contribution in [2.45, 2.75) is 23.7 Å². The predicted molar refractivity (Wildman–Crippen MR) is 143 cm³/mol. The van der Waals surface area contributed by atoms with Gasteiger partial charge in [0.15, 0.2) is 18.9 Å². The van der Waals surface area contributed by atoms with Crippen LogP contribution in [0.4, 0.5) is 11.9 Å². The van der Waals surface area contributed by atoms with Crippen molar-refractivity contribution in [3.8, 4) is 5.69 Å². The Morgan fingerprint density at radius 2 is 1.95 bits per heavy atom. The molecular weight excluding hydrogens is 554 g/mol. The average Bonchev–Trinajstić information content (AvgIpc) is 3.33.